The van der Waals surface area contributed by atoms with Crippen LogP contribution in [0.15, 0.2) is 36.4 Å². The molecule has 21 heavy (non-hydrogen) atoms. The van der Waals surface area contributed by atoms with Gasteiger partial charge in [-0.2, -0.15) is 5.26 Å². The maximum atomic E-state index is 14.2. The summed E-state index contributed by atoms with van der Waals surface area (Å²) >= 11 is 5.95. The van der Waals surface area contributed by atoms with Crippen LogP contribution in [-0.4, -0.2) is 9.55 Å². The van der Waals surface area contributed by atoms with Gasteiger partial charge in [-0.3, -0.25) is 4.57 Å². The molecule has 0 bridgehead atoms. The van der Waals surface area contributed by atoms with Gasteiger partial charge in [-0.15, -0.1) is 11.6 Å². The smallest absolute Gasteiger partial charge is 0.147 e. The van der Waals surface area contributed by atoms with Gasteiger partial charge in [-0.25, -0.2) is 9.37 Å². The van der Waals surface area contributed by atoms with Crippen molar-refractivity contribution in [2.75, 3.05) is 0 Å². The van der Waals surface area contributed by atoms with Gasteiger partial charge in [0, 0.05) is 0 Å². The molecule has 0 aliphatic rings. The van der Waals surface area contributed by atoms with Gasteiger partial charge in [0.2, 0.25) is 0 Å². The number of hydrogen-bond donors (Lipinski definition) is 0. The van der Waals surface area contributed by atoms with E-state index in [0.29, 0.717) is 28.1 Å². The van der Waals surface area contributed by atoms with Gasteiger partial charge < -0.3 is 0 Å². The summed E-state index contributed by atoms with van der Waals surface area (Å²) in [7, 11) is 0. The van der Waals surface area contributed by atoms with Crippen molar-refractivity contribution >= 4 is 22.6 Å². The Bertz CT molecular complexity index is 877. The summed E-state index contributed by atoms with van der Waals surface area (Å²) in [4.78, 5) is 4.41. The molecule has 0 unspecified atom stereocenters. The summed E-state index contributed by atoms with van der Waals surface area (Å²) in [5.74, 6) is 0.351. The van der Waals surface area contributed by atoms with Crippen LogP contribution in [0.2, 0.25) is 0 Å². The molecule has 104 valence electrons. The van der Waals surface area contributed by atoms with Crippen molar-refractivity contribution in [2.45, 2.75) is 12.8 Å². The quantitative estimate of drug-likeness (QED) is 0.669. The molecule has 0 radical (unpaired) electrons. The molecule has 0 fully saturated rings. The normalized spacial score (nSPS) is 10.8. The van der Waals surface area contributed by atoms with Gasteiger partial charge in [0.1, 0.15) is 11.6 Å². The van der Waals surface area contributed by atoms with Gasteiger partial charge >= 0.3 is 0 Å². The lowest BCUT2D eigenvalue weighted by atomic mass is 10.2. The molecule has 0 N–H and O–H groups in total. The molecule has 1 heterocycles. The molecule has 0 saturated carbocycles. The number of rotatable bonds is 2. The van der Waals surface area contributed by atoms with Gasteiger partial charge in [-0.05, 0) is 42.8 Å². The van der Waals surface area contributed by atoms with E-state index in [1.807, 2.05) is 6.92 Å². The summed E-state index contributed by atoms with van der Waals surface area (Å²) in [5, 5.41) is 9.04. The topological polar surface area (TPSA) is 41.6 Å². The van der Waals surface area contributed by atoms with Crippen molar-refractivity contribution in [3.8, 4) is 11.8 Å². The minimum atomic E-state index is -0.353. The van der Waals surface area contributed by atoms with Gasteiger partial charge in [0.25, 0.3) is 0 Å². The van der Waals surface area contributed by atoms with E-state index >= 15 is 0 Å². The predicted molar refractivity (Wildman–Crippen MR) is 80.0 cm³/mol. The predicted octanol–water partition coefficient (Wildman–Crippen LogP) is 4.08. The second-order valence-corrected chi connectivity index (χ2v) is 5.03. The molecule has 0 spiro atoms. The van der Waals surface area contributed by atoms with Crippen LogP contribution in [0, 0.1) is 24.1 Å². The van der Waals surface area contributed by atoms with Crippen LogP contribution in [0.1, 0.15) is 17.0 Å². The van der Waals surface area contributed by atoms with Crippen molar-refractivity contribution in [1.29, 1.82) is 5.26 Å². The van der Waals surface area contributed by atoms with E-state index in [0.717, 1.165) is 5.56 Å². The molecule has 0 atom stereocenters. The Balaban J connectivity index is 2.39. The van der Waals surface area contributed by atoms with E-state index in [1.54, 1.807) is 34.9 Å². The van der Waals surface area contributed by atoms with Crippen LogP contribution in [0.5, 0.6) is 0 Å². The molecule has 0 aliphatic carbocycles. The Morgan fingerprint density at radius 1 is 1.29 bits per heavy atom. The highest BCUT2D eigenvalue weighted by Crippen LogP contribution is 2.26. The van der Waals surface area contributed by atoms with Crippen molar-refractivity contribution < 1.29 is 4.39 Å². The maximum Gasteiger partial charge on any atom is 0.147 e. The highest BCUT2D eigenvalue weighted by Gasteiger charge is 2.15. The van der Waals surface area contributed by atoms with E-state index < -0.39 is 0 Å². The lowest BCUT2D eigenvalue weighted by Gasteiger charge is -2.10. The van der Waals surface area contributed by atoms with Crippen LogP contribution in [-0.2, 0) is 5.88 Å². The van der Waals surface area contributed by atoms with Crippen LogP contribution >= 0.6 is 11.6 Å². The Kier molecular flexibility index (Phi) is 3.36. The minimum absolute atomic E-state index is 0.157. The number of nitrogens with zero attached hydrogens (tertiary/aromatic N) is 3. The number of imidazole rings is 1. The first-order valence-electron chi connectivity index (χ1n) is 6.38. The zero-order chi connectivity index (χ0) is 15.0. The number of alkyl halides is 1. The Morgan fingerprint density at radius 3 is 2.81 bits per heavy atom. The van der Waals surface area contributed by atoms with Crippen molar-refractivity contribution in [1.82, 2.24) is 9.55 Å². The number of halogens is 2. The van der Waals surface area contributed by atoms with E-state index in [-0.39, 0.29) is 11.7 Å². The number of aromatic nitrogens is 2. The Labute approximate surface area is 126 Å². The van der Waals surface area contributed by atoms with Crippen molar-refractivity contribution in [3.63, 3.8) is 0 Å². The van der Waals surface area contributed by atoms with E-state index in [2.05, 4.69) is 11.1 Å². The lowest BCUT2D eigenvalue weighted by molar-refractivity contribution is 0.617. The van der Waals surface area contributed by atoms with Gasteiger partial charge in [0.15, 0.2) is 0 Å². The molecule has 3 nitrogen and oxygen atoms in total. The molecular formula is C16H11ClFN3. The van der Waals surface area contributed by atoms with Crippen LogP contribution in [0.25, 0.3) is 16.7 Å². The lowest BCUT2D eigenvalue weighted by Crippen LogP contribution is -2.02. The third kappa shape index (κ3) is 2.26. The van der Waals surface area contributed by atoms with Crippen LogP contribution in [0.3, 0.4) is 0 Å². The minimum Gasteiger partial charge on any atom is -0.292 e. The monoisotopic (exact) mass is 299 g/mol. The fraction of sp³-hybridized carbons (Fsp3) is 0.125. The number of fused-ring (bicyclic) bond motifs is 1. The standard InChI is InChI=1S/C16H11ClFN3/c1-10-2-4-12(18)14(6-10)21-15-7-11(9-19)3-5-13(15)20-16(21)8-17/h2-7H,8H2,1H3. The molecule has 2 aromatic carbocycles. The zero-order valence-corrected chi connectivity index (χ0v) is 12.0. The Hall–Kier alpha value is -2.38. The first-order chi connectivity index (χ1) is 10.1. The fourth-order valence-electron chi connectivity index (χ4n) is 2.35. The molecule has 3 aromatic rings. The molecular weight excluding hydrogens is 289 g/mol. The van der Waals surface area contributed by atoms with Gasteiger partial charge in [-0.1, -0.05) is 6.07 Å². The molecule has 1 aromatic heterocycles. The van der Waals surface area contributed by atoms with E-state index in [9.17, 15) is 4.39 Å². The molecule has 0 amide bonds. The van der Waals surface area contributed by atoms with E-state index in [1.165, 1.54) is 6.07 Å². The summed E-state index contributed by atoms with van der Waals surface area (Å²) in [6.45, 7) is 1.89. The number of hydrogen-bond acceptors (Lipinski definition) is 2. The van der Waals surface area contributed by atoms with Gasteiger partial charge in [0.05, 0.1) is 34.2 Å². The third-order valence-electron chi connectivity index (χ3n) is 3.32. The van der Waals surface area contributed by atoms with Crippen LogP contribution < -0.4 is 0 Å². The number of benzene rings is 2. The molecule has 0 aliphatic heterocycles. The first kappa shape index (κ1) is 13.6. The van der Waals surface area contributed by atoms with Crippen LogP contribution in [0.4, 0.5) is 4.39 Å². The first-order valence-corrected chi connectivity index (χ1v) is 6.91. The SMILES string of the molecule is Cc1ccc(F)c(-n2c(CCl)nc3ccc(C#N)cc32)c1. The van der Waals surface area contributed by atoms with Crippen molar-refractivity contribution in [3.05, 3.63) is 59.2 Å². The molecule has 3 rings (SSSR count). The largest absolute Gasteiger partial charge is 0.292 e. The maximum absolute atomic E-state index is 14.2. The highest BCUT2D eigenvalue weighted by molar-refractivity contribution is 6.17. The third-order valence-corrected chi connectivity index (χ3v) is 3.55. The molecule has 5 heteroatoms. The van der Waals surface area contributed by atoms with Crippen molar-refractivity contribution in [2.24, 2.45) is 0 Å². The second-order valence-electron chi connectivity index (χ2n) is 4.77. The average Bonchev–Trinajstić information content (AvgIpc) is 2.87. The summed E-state index contributed by atoms with van der Waals surface area (Å²) in [5.41, 5.74) is 3.19. The number of nitriles is 1. The highest BCUT2D eigenvalue weighted by atomic mass is 35.5. The van der Waals surface area contributed by atoms with E-state index in [4.69, 9.17) is 16.9 Å². The Morgan fingerprint density at radius 2 is 2.10 bits per heavy atom. The second kappa shape index (κ2) is 5.19. The summed E-state index contributed by atoms with van der Waals surface area (Å²) in [6.07, 6.45) is 0. The number of aryl methyl sites for hydroxylation is 1. The summed E-state index contributed by atoms with van der Waals surface area (Å²) < 4.78 is 15.9. The molecule has 0 saturated heterocycles. The average molecular weight is 300 g/mol. The summed E-state index contributed by atoms with van der Waals surface area (Å²) in [6, 6.07) is 12.1. The fourth-order valence-corrected chi connectivity index (χ4v) is 2.53. The zero-order valence-electron chi connectivity index (χ0n) is 11.3.